The van der Waals surface area contributed by atoms with Gasteiger partial charge in [0.2, 0.25) is 5.91 Å². The summed E-state index contributed by atoms with van der Waals surface area (Å²) in [6, 6.07) is 11.9. The molecule has 0 aliphatic carbocycles. The molecule has 0 atom stereocenters. The highest BCUT2D eigenvalue weighted by Crippen LogP contribution is 2.33. The van der Waals surface area contributed by atoms with Gasteiger partial charge in [0.15, 0.2) is 0 Å². The minimum atomic E-state index is -0.179. The van der Waals surface area contributed by atoms with Crippen molar-refractivity contribution in [3.05, 3.63) is 63.3 Å². The third-order valence-corrected chi connectivity index (χ3v) is 7.18. The minimum Gasteiger partial charge on any atom is -0.497 e. The highest BCUT2D eigenvalue weighted by atomic mass is 32.2. The molecule has 3 rings (SSSR count). The van der Waals surface area contributed by atoms with Crippen LogP contribution in [0.15, 0.2) is 40.3 Å². The maximum Gasteiger partial charge on any atom is 0.250 e. The number of methoxy groups -OCH3 is 1. The molecule has 0 radical (unpaired) electrons. The number of thiophene rings is 1. The largest absolute Gasteiger partial charge is 0.497 e. The van der Waals surface area contributed by atoms with Gasteiger partial charge in [-0.1, -0.05) is 0 Å². The average Bonchev–Trinajstić information content (AvgIpc) is 3.20. The van der Waals surface area contributed by atoms with Crippen molar-refractivity contribution in [1.29, 1.82) is 5.26 Å². The molecule has 0 bridgehead atoms. The zero-order chi connectivity index (χ0) is 22.5. The Morgan fingerprint density at radius 1 is 1.29 bits per heavy atom. The molecule has 1 aromatic carbocycles. The maximum atomic E-state index is 12.1. The fourth-order valence-corrected chi connectivity index (χ4v) is 5.06. The molecule has 2 aromatic heterocycles. The second-order valence-corrected chi connectivity index (χ2v) is 9.25. The normalized spacial score (nSPS) is 11.0. The number of ether oxygens (including phenoxy) is 1. The topological polar surface area (TPSA) is 79.4 Å². The van der Waals surface area contributed by atoms with Crippen molar-refractivity contribution in [3.8, 4) is 16.8 Å². The summed E-state index contributed by atoms with van der Waals surface area (Å²) >= 11 is 3.05. The number of nitrogens with one attached hydrogen (secondary N) is 1. The predicted molar refractivity (Wildman–Crippen MR) is 127 cm³/mol. The number of hydrogen-bond acceptors (Lipinski definition) is 6. The molecule has 31 heavy (non-hydrogen) atoms. The molecule has 2 heterocycles. The molecule has 0 saturated heterocycles. The van der Waals surface area contributed by atoms with E-state index in [2.05, 4.69) is 21.2 Å². The van der Waals surface area contributed by atoms with Crippen LogP contribution in [0.4, 0.5) is 0 Å². The van der Waals surface area contributed by atoms with Crippen molar-refractivity contribution in [3.63, 3.8) is 0 Å². The Hall–Kier alpha value is -3.02. The number of thioether (sulfide) groups is 1. The van der Waals surface area contributed by atoms with Crippen LogP contribution in [0.25, 0.3) is 5.00 Å². The minimum absolute atomic E-state index is 0.179. The number of amides is 1. The summed E-state index contributed by atoms with van der Waals surface area (Å²) < 4.78 is 7.21. The van der Waals surface area contributed by atoms with Gasteiger partial charge in [-0.05, 0) is 63.6 Å². The van der Waals surface area contributed by atoms with Crippen molar-refractivity contribution < 1.29 is 9.53 Å². The molecule has 0 aliphatic rings. The van der Waals surface area contributed by atoms with Crippen LogP contribution in [0, 0.1) is 39.0 Å². The van der Waals surface area contributed by atoms with Crippen LogP contribution in [-0.2, 0) is 4.79 Å². The van der Waals surface area contributed by atoms with E-state index in [1.54, 1.807) is 24.7 Å². The van der Waals surface area contributed by atoms with Gasteiger partial charge in [0, 0.05) is 26.7 Å². The van der Waals surface area contributed by atoms with Gasteiger partial charge in [-0.15, -0.1) is 23.1 Å². The average molecular weight is 453 g/mol. The van der Waals surface area contributed by atoms with Crippen molar-refractivity contribution >= 4 is 35.2 Å². The monoisotopic (exact) mass is 452 g/mol. The zero-order valence-electron chi connectivity index (χ0n) is 18.1. The van der Waals surface area contributed by atoms with Gasteiger partial charge in [0.05, 0.1) is 24.6 Å². The molecule has 3 aromatic rings. The lowest BCUT2D eigenvalue weighted by Gasteiger charge is -2.07. The standard InChI is InChI=1S/C23H24N4O2S2/c1-14-10-18(16(3)27(14)23-21(11-24)15(2)17(4)31-23)12-25-26-22(28)13-30-20-8-6-19(29-5)7-9-20/h6-10,12H,13H2,1-5H3,(H,26,28)/b25-12-. The van der Waals surface area contributed by atoms with Gasteiger partial charge >= 0.3 is 0 Å². The van der Waals surface area contributed by atoms with E-state index in [4.69, 9.17) is 4.74 Å². The Labute approximate surface area is 190 Å². The number of benzene rings is 1. The van der Waals surface area contributed by atoms with E-state index in [-0.39, 0.29) is 11.7 Å². The number of nitrogens with zero attached hydrogens (tertiary/aromatic N) is 3. The van der Waals surface area contributed by atoms with Crippen molar-refractivity contribution in [2.75, 3.05) is 12.9 Å². The Bertz CT molecular complexity index is 1170. The molecule has 160 valence electrons. The molecular formula is C23H24N4O2S2. The number of carbonyl (C=O) groups excluding carboxylic acids is 1. The number of aryl methyl sites for hydroxylation is 2. The van der Waals surface area contributed by atoms with E-state index in [1.807, 2.05) is 58.0 Å². The first kappa shape index (κ1) is 22.7. The summed E-state index contributed by atoms with van der Waals surface area (Å²) in [5.41, 5.74) is 7.19. The van der Waals surface area contributed by atoms with Gasteiger partial charge in [-0.2, -0.15) is 10.4 Å². The number of hydrogen-bond donors (Lipinski definition) is 1. The summed E-state index contributed by atoms with van der Waals surface area (Å²) in [5, 5.41) is 14.6. The quantitative estimate of drug-likeness (QED) is 0.314. The van der Waals surface area contributed by atoms with Crippen LogP contribution in [0.2, 0.25) is 0 Å². The maximum absolute atomic E-state index is 12.1. The van der Waals surface area contributed by atoms with Gasteiger partial charge in [0.25, 0.3) is 0 Å². The Morgan fingerprint density at radius 3 is 2.65 bits per heavy atom. The van der Waals surface area contributed by atoms with Crippen LogP contribution in [0.3, 0.4) is 0 Å². The second-order valence-electron chi connectivity index (χ2n) is 6.99. The first-order valence-electron chi connectivity index (χ1n) is 9.63. The Morgan fingerprint density at radius 2 is 2.00 bits per heavy atom. The second kappa shape index (κ2) is 9.86. The van der Waals surface area contributed by atoms with Crippen molar-refractivity contribution in [1.82, 2.24) is 9.99 Å². The zero-order valence-corrected chi connectivity index (χ0v) is 19.8. The van der Waals surface area contributed by atoms with Crippen molar-refractivity contribution in [2.24, 2.45) is 5.10 Å². The van der Waals surface area contributed by atoms with Gasteiger partial charge in [-0.3, -0.25) is 4.79 Å². The first-order valence-corrected chi connectivity index (χ1v) is 11.4. The molecule has 0 fully saturated rings. The summed E-state index contributed by atoms with van der Waals surface area (Å²) in [6.07, 6.45) is 1.65. The van der Waals surface area contributed by atoms with E-state index in [1.165, 1.54) is 11.8 Å². The fraction of sp³-hybridized carbons (Fsp3) is 0.261. The van der Waals surface area contributed by atoms with Crippen molar-refractivity contribution in [2.45, 2.75) is 32.6 Å². The smallest absolute Gasteiger partial charge is 0.250 e. The molecule has 0 aliphatic heterocycles. The lowest BCUT2D eigenvalue weighted by Crippen LogP contribution is -2.19. The van der Waals surface area contributed by atoms with Crippen LogP contribution in [0.1, 0.15) is 33.0 Å². The lowest BCUT2D eigenvalue weighted by atomic mass is 10.2. The fourth-order valence-electron chi connectivity index (χ4n) is 3.16. The van der Waals surface area contributed by atoms with E-state index in [9.17, 15) is 10.1 Å². The predicted octanol–water partition coefficient (Wildman–Crippen LogP) is 4.90. The van der Waals surface area contributed by atoms with E-state index in [0.29, 0.717) is 5.56 Å². The number of rotatable bonds is 7. The molecule has 0 saturated carbocycles. The number of hydrazone groups is 1. The highest BCUT2D eigenvalue weighted by molar-refractivity contribution is 8.00. The summed E-state index contributed by atoms with van der Waals surface area (Å²) in [4.78, 5) is 14.2. The first-order chi connectivity index (χ1) is 14.8. The molecule has 0 spiro atoms. The third kappa shape index (κ3) is 5.01. The van der Waals surface area contributed by atoms with E-state index < -0.39 is 0 Å². The third-order valence-electron chi connectivity index (χ3n) is 4.97. The SMILES string of the molecule is COc1ccc(SCC(=O)N/N=C\c2cc(C)n(-c3sc(C)c(C)c3C#N)c2C)cc1. The highest BCUT2D eigenvalue weighted by Gasteiger charge is 2.18. The van der Waals surface area contributed by atoms with Gasteiger partial charge in [-0.25, -0.2) is 5.43 Å². The molecule has 8 heteroatoms. The number of aromatic nitrogens is 1. The molecule has 0 unspecified atom stereocenters. The summed E-state index contributed by atoms with van der Waals surface area (Å²) in [5.74, 6) is 0.870. The Balaban J connectivity index is 1.66. The Kier molecular flexibility index (Phi) is 7.21. The molecule has 6 nitrogen and oxygen atoms in total. The van der Waals surface area contributed by atoms with Gasteiger partial charge < -0.3 is 9.30 Å². The van der Waals surface area contributed by atoms with Gasteiger partial charge in [0.1, 0.15) is 16.8 Å². The molecule has 1 amide bonds. The summed E-state index contributed by atoms with van der Waals surface area (Å²) in [7, 11) is 1.62. The number of nitriles is 1. The summed E-state index contributed by atoms with van der Waals surface area (Å²) in [6.45, 7) is 7.99. The van der Waals surface area contributed by atoms with E-state index in [0.717, 1.165) is 43.0 Å². The van der Waals surface area contributed by atoms with Crippen LogP contribution >= 0.6 is 23.1 Å². The van der Waals surface area contributed by atoms with Crippen LogP contribution in [-0.4, -0.2) is 29.6 Å². The van der Waals surface area contributed by atoms with Crippen LogP contribution < -0.4 is 10.2 Å². The molecule has 1 N–H and O–H groups in total. The molecular weight excluding hydrogens is 428 g/mol. The lowest BCUT2D eigenvalue weighted by molar-refractivity contribution is -0.118. The van der Waals surface area contributed by atoms with Crippen LogP contribution in [0.5, 0.6) is 5.75 Å². The number of carbonyl (C=O) groups is 1. The van der Waals surface area contributed by atoms with E-state index >= 15 is 0 Å².